The molecule has 0 bridgehead atoms. The van der Waals surface area contributed by atoms with Gasteiger partial charge in [-0.2, -0.15) is 0 Å². The molecule has 1 aromatic heterocycles. The number of carbonyl (C=O) groups is 3. The normalized spacial score (nSPS) is 16.6. The molecule has 1 N–H and O–H groups in total. The predicted molar refractivity (Wildman–Crippen MR) is 149 cm³/mol. The molecule has 4 aromatic rings. The number of thiazole rings is 1. The van der Waals surface area contributed by atoms with Crippen molar-refractivity contribution in [3.05, 3.63) is 94.1 Å². The highest BCUT2D eigenvalue weighted by molar-refractivity contribution is 7.22. The number of aliphatic hydroxyl groups is 1. The number of hydrogen-bond donors (Lipinski definition) is 1. The van der Waals surface area contributed by atoms with Crippen LogP contribution in [-0.4, -0.2) is 41.5 Å². The molecule has 39 heavy (non-hydrogen) atoms. The third kappa shape index (κ3) is 4.66. The molecule has 1 aliphatic heterocycles. The molecule has 8 nitrogen and oxygen atoms in total. The number of esters is 1. The zero-order valence-electron chi connectivity index (χ0n) is 21.8. The van der Waals surface area contributed by atoms with Crippen LogP contribution >= 0.6 is 11.3 Å². The topological polar surface area (TPSA) is 106 Å². The fourth-order valence-electron chi connectivity index (χ4n) is 4.78. The van der Waals surface area contributed by atoms with Crippen LogP contribution in [0, 0.1) is 13.8 Å². The number of benzene rings is 3. The molecule has 0 radical (unpaired) electrons. The van der Waals surface area contributed by atoms with E-state index in [0.717, 1.165) is 21.3 Å². The van der Waals surface area contributed by atoms with Gasteiger partial charge < -0.3 is 14.6 Å². The molecule has 5 rings (SSSR count). The minimum absolute atomic E-state index is 0.0772. The summed E-state index contributed by atoms with van der Waals surface area (Å²) in [6.07, 6.45) is 0. The van der Waals surface area contributed by atoms with Crippen molar-refractivity contribution in [1.82, 2.24) is 4.98 Å². The Hall–Kier alpha value is -4.50. The Morgan fingerprint density at radius 2 is 1.79 bits per heavy atom. The number of anilines is 1. The second-order valence-corrected chi connectivity index (χ2v) is 10.2. The zero-order valence-corrected chi connectivity index (χ0v) is 22.7. The average molecular weight is 543 g/mol. The van der Waals surface area contributed by atoms with E-state index < -0.39 is 23.7 Å². The highest BCUT2D eigenvalue weighted by atomic mass is 32.1. The van der Waals surface area contributed by atoms with E-state index in [9.17, 15) is 19.5 Å². The van der Waals surface area contributed by atoms with Gasteiger partial charge in [0, 0.05) is 5.56 Å². The van der Waals surface area contributed by atoms with Crippen LogP contribution in [-0.2, 0) is 14.3 Å². The molecule has 0 saturated carbocycles. The lowest BCUT2D eigenvalue weighted by molar-refractivity contribution is -0.132. The zero-order chi connectivity index (χ0) is 27.8. The Labute approximate surface area is 229 Å². The molecule has 1 amide bonds. The number of ether oxygens (including phenoxy) is 2. The van der Waals surface area contributed by atoms with E-state index in [4.69, 9.17) is 14.5 Å². The van der Waals surface area contributed by atoms with E-state index in [1.54, 1.807) is 48.5 Å². The summed E-state index contributed by atoms with van der Waals surface area (Å²) in [7, 11) is 1.29. The first kappa shape index (κ1) is 26.1. The van der Waals surface area contributed by atoms with Gasteiger partial charge in [-0.25, -0.2) is 9.78 Å². The van der Waals surface area contributed by atoms with Crippen LogP contribution in [0.5, 0.6) is 5.75 Å². The Balaban J connectivity index is 1.71. The maximum absolute atomic E-state index is 13.6. The van der Waals surface area contributed by atoms with Crippen molar-refractivity contribution < 1.29 is 29.0 Å². The van der Waals surface area contributed by atoms with Gasteiger partial charge in [-0.15, -0.1) is 0 Å². The Bertz CT molecular complexity index is 1650. The van der Waals surface area contributed by atoms with Crippen molar-refractivity contribution in [1.29, 1.82) is 0 Å². The van der Waals surface area contributed by atoms with E-state index in [0.29, 0.717) is 34.2 Å². The molecular formula is C30H26N2O6S. The van der Waals surface area contributed by atoms with Gasteiger partial charge in [0.2, 0.25) is 0 Å². The molecule has 1 unspecified atom stereocenters. The molecule has 0 spiro atoms. The number of rotatable bonds is 6. The molecule has 1 fully saturated rings. The minimum Gasteiger partial charge on any atom is -0.507 e. The average Bonchev–Trinajstić information content (AvgIpc) is 3.46. The van der Waals surface area contributed by atoms with Gasteiger partial charge in [0.05, 0.1) is 41.1 Å². The summed E-state index contributed by atoms with van der Waals surface area (Å²) in [6.45, 7) is 6.20. The number of amides is 1. The number of hydrogen-bond acceptors (Lipinski definition) is 8. The number of aliphatic hydroxyl groups excluding tert-OH is 1. The Kier molecular flexibility index (Phi) is 6.93. The van der Waals surface area contributed by atoms with Crippen molar-refractivity contribution in [3.8, 4) is 5.75 Å². The first-order chi connectivity index (χ1) is 18.7. The fraction of sp³-hybridized carbons (Fsp3) is 0.200. The summed E-state index contributed by atoms with van der Waals surface area (Å²) in [5.74, 6) is -1.95. The van der Waals surface area contributed by atoms with Crippen molar-refractivity contribution in [2.75, 3.05) is 18.6 Å². The monoisotopic (exact) mass is 542 g/mol. The number of methoxy groups -OCH3 is 1. The molecule has 2 heterocycles. The van der Waals surface area contributed by atoms with E-state index in [1.807, 2.05) is 32.9 Å². The largest absolute Gasteiger partial charge is 0.507 e. The molecule has 0 aliphatic carbocycles. The van der Waals surface area contributed by atoms with Crippen LogP contribution in [0.15, 0.2) is 66.2 Å². The first-order valence-corrected chi connectivity index (χ1v) is 13.2. The summed E-state index contributed by atoms with van der Waals surface area (Å²) in [4.78, 5) is 45.2. The van der Waals surface area contributed by atoms with Crippen LogP contribution in [0.25, 0.3) is 16.0 Å². The summed E-state index contributed by atoms with van der Waals surface area (Å²) in [5, 5.41) is 11.8. The molecule has 1 atom stereocenters. The van der Waals surface area contributed by atoms with Crippen LogP contribution in [0.4, 0.5) is 5.13 Å². The van der Waals surface area contributed by atoms with Gasteiger partial charge in [-0.05, 0) is 67.8 Å². The molecule has 1 aliphatic rings. The number of carbonyl (C=O) groups excluding carboxylic acids is 3. The lowest BCUT2D eigenvalue weighted by Gasteiger charge is -2.23. The van der Waals surface area contributed by atoms with Crippen molar-refractivity contribution in [3.63, 3.8) is 0 Å². The van der Waals surface area contributed by atoms with Crippen molar-refractivity contribution in [2.45, 2.75) is 26.8 Å². The summed E-state index contributed by atoms with van der Waals surface area (Å²) >= 11 is 1.30. The van der Waals surface area contributed by atoms with E-state index in [-0.39, 0.29) is 11.3 Å². The third-order valence-corrected chi connectivity index (χ3v) is 7.54. The predicted octanol–water partition coefficient (Wildman–Crippen LogP) is 5.72. The highest BCUT2D eigenvalue weighted by Crippen LogP contribution is 2.45. The lowest BCUT2D eigenvalue weighted by Crippen LogP contribution is -2.29. The summed E-state index contributed by atoms with van der Waals surface area (Å²) in [5.41, 5.74) is 3.85. The van der Waals surface area contributed by atoms with Gasteiger partial charge in [-0.1, -0.05) is 41.7 Å². The second-order valence-electron chi connectivity index (χ2n) is 9.17. The number of aryl methyl sites for hydroxylation is 2. The number of Topliss-reactive ketones (excluding diaryl/α,β-unsaturated/α-hetero) is 1. The van der Waals surface area contributed by atoms with Gasteiger partial charge in [0.1, 0.15) is 11.5 Å². The molecule has 198 valence electrons. The van der Waals surface area contributed by atoms with E-state index in [1.165, 1.54) is 23.3 Å². The number of aromatic nitrogens is 1. The number of nitrogens with zero attached hydrogens (tertiary/aromatic N) is 2. The summed E-state index contributed by atoms with van der Waals surface area (Å²) in [6, 6.07) is 16.1. The van der Waals surface area contributed by atoms with Crippen molar-refractivity contribution >= 4 is 50.1 Å². The van der Waals surface area contributed by atoms with Crippen LogP contribution < -0.4 is 9.64 Å². The fourth-order valence-corrected chi connectivity index (χ4v) is 5.95. The quantitative estimate of drug-likeness (QED) is 0.144. The second kappa shape index (κ2) is 10.3. The van der Waals surface area contributed by atoms with Crippen LogP contribution in [0.2, 0.25) is 0 Å². The maximum atomic E-state index is 13.6. The maximum Gasteiger partial charge on any atom is 0.337 e. The van der Waals surface area contributed by atoms with Gasteiger partial charge >= 0.3 is 11.9 Å². The van der Waals surface area contributed by atoms with Crippen molar-refractivity contribution in [2.24, 2.45) is 0 Å². The van der Waals surface area contributed by atoms with Gasteiger partial charge in [0.25, 0.3) is 5.78 Å². The molecule has 1 saturated heterocycles. The minimum atomic E-state index is -0.977. The first-order valence-electron chi connectivity index (χ1n) is 12.3. The van der Waals surface area contributed by atoms with Crippen LogP contribution in [0.1, 0.15) is 45.6 Å². The molecule has 3 aromatic carbocycles. The van der Waals surface area contributed by atoms with Gasteiger partial charge in [-0.3, -0.25) is 14.5 Å². The van der Waals surface area contributed by atoms with Crippen LogP contribution in [0.3, 0.4) is 0 Å². The van der Waals surface area contributed by atoms with Gasteiger partial charge in [0.15, 0.2) is 5.13 Å². The Morgan fingerprint density at radius 1 is 1.05 bits per heavy atom. The third-order valence-electron chi connectivity index (χ3n) is 6.54. The highest BCUT2D eigenvalue weighted by Gasteiger charge is 2.48. The smallest absolute Gasteiger partial charge is 0.337 e. The molecular weight excluding hydrogens is 516 g/mol. The van der Waals surface area contributed by atoms with E-state index in [2.05, 4.69) is 0 Å². The number of ketones is 1. The lowest BCUT2D eigenvalue weighted by atomic mass is 9.94. The SMILES string of the molecule is CCOc1cccc(C(O)=C2C(=O)C(=O)N(c3nc4c(C)cc(C)cc4s3)C2c2ccc(C(=O)OC)cc2)c1. The molecule has 9 heteroatoms. The Morgan fingerprint density at radius 3 is 2.49 bits per heavy atom. The summed E-state index contributed by atoms with van der Waals surface area (Å²) < 4.78 is 11.2. The standard InChI is InChI=1S/C30H26N2O6S/c1-5-38-21-8-6-7-20(15-21)26(33)23-25(18-9-11-19(12-10-18)29(36)37-4)32(28(35)27(23)34)30-31-24-17(3)13-16(2)14-22(24)39-30/h6-15,25,33H,5H2,1-4H3. The van der Waals surface area contributed by atoms with E-state index >= 15 is 0 Å². The number of fused-ring (bicyclic) bond motifs is 1.